The molecule has 4 heterocycles. The van der Waals surface area contributed by atoms with E-state index in [1.807, 2.05) is 31.0 Å². The van der Waals surface area contributed by atoms with E-state index in [2.05, 4.69) is 32.0 Å². The van der Waals surface area contributed by atoms with Gasteiger partial charge in [-0.05, 0) is 32.5 Å². The molecule has 2 N–H and O–H groups in total. The Bertz CT molecular complexity index is 897. The first kappa shape index (κ1) is 18.7. The standard InChI is InChI=1S/C20H28N6O2/c1-13(2)19(27)21-18-15-5-8-26-12-14(11-16(26)17(15)22-23-18)20(28)25-7-4-6-24(3)9-10-25/h11-13H,4-10H2,1-3H3,(H2,21,22,23,27). The molecule has 2 amide bonds. The smallest absolute Gasteiger partial charge is 0.255 e. The van der Waals surface area contributed by atoms with E-state index in [0.717, 1.165) is 68.1 Å². The van der Waals surface area contributed by atoms with Gasteiger partial charge in [0.05, 0.1) is 17.0 Å². The predicted molar refractivity (Wildman–Crippen MR) is 107 cm³/mol. The van der Waals surface area contributed by atoms with Crippen LogP contribution in [0.5, 0.6) is 0 Å². The molecule has 0 aliphatic carbocycles. The summed E-state index contributed by atoms with van der Waals surface area (Å²) in [4.78, 5) is 29.3. The Morgan fingerprint density at radius 3 is 2.79 bits per heavy atom. The second-order valence-corrected chi connectivity index (χ2v) is 8.08. The van der Waals surface area contributed by atoms with Crippen molar-refractivity contribution < 1.29 is 9.59 Å². The normalized spacial score (nSPS) is 17.2. The molecule has 0 saturated carbocycles. The lowest BCUT2D eigenvalue weighted by molar-refractivity contribution is -0.118. The molecule has 8 heteroatoms. The van der Waals surface area contributed by atoms with Crippen molar-refractivity contribution in [2.24, 2.45) is 5.92 Å². The van der Waals surface area contributed by atoms with Crippen molar-refractivity contribution >= 4 is 17.6 Å². The first-order chi connectivity index (χ1) is 13.4. The fraction of sp³-hybridized carbons (Fsp3) is 0.550. The summed E-state index contributed by atoms with van der Waals surface area (Å²) in [5.41, 5.74) is 3.57. The molecule has 0 atom stereocenters. The maximum absolute atomic E-state index is 13.0. The summed E-state index contributed by atoms with van der Waals surface area (Å²) in [7, 11) is 2.10. The van der Waals surface area contributed by atoms with Crippen LogP contribution in [-0.2, 0) is 17.8 Å². The number of rotatable bonds is 3. The minimum absolute atomic E-state index is 0.0442. The zero-order valence-corrected chi connectivity index (χ0v) is 16.8. The van der Waals surface area contributed by atoms with Crippen LogP contribution in [0, 0.1) is 5.92 Å². The summed E-state index contributed by atoms with van der Waals surface area (Å²) in [6.45, 7) is 7.97. The van der Waals surface area contributed by atoms with Crippen LogP contribution in [-0.4, -0.2) is 69.6 Å². The lowest BCUT2D eigenvalue weighted by Gasteiger charge is -2.19. The first-order valence-electron chi connectivity index (χ1n) is 10.0. The molecular weight excluding hydrogens is 356 g/mol. The predicted octanol–water partition coefficient (Wildman–Crippen LogP) is 1.81. The summed E-state index contributed by atoms with van der Waals surface area (Å²) < 4.78 is 2.10. The van der Waals surface area contributed by atoms with Crippen molar-refractivity contribution in [2.75, 3.05) is 38.5 Å². The highest BCUT2D eigenvalue weighted by Crippen LogP contribution is 2.33. The van der Waals surface area contributed by atoms with Crippen LogP contribution in [0.2, 0.25) is 0 Å². The maximum atomic E-state index is 13.0. The average Bonchev–Trinajstić information content (AvgIpc) is 3.21. The van der Waals surface area contributed by atoms with Crippen LogP contribution in [0.25, 0.3) is 11.4 Å². The SMILES string of the molecule is CC(C)C(=O)Nc1n[nH]c2c1CCn1cc(C(=O)N3CCCN(C)CC3)cc1-2. The molecule has 0 unspecified atom stereocenters. The van der Waals surface area contributed by atoms with Crippen molar-refractivity contribution in [1.29, 1.82) is 0 Å². The molecule has 2 aliphatic heterocycles. The van der Waals surface area contributed by atoms with Crippen LogP contribution >= 0.6 is 0 Å². The largest absolute Gasteiger partial charge is 0.345 e. The third-order valence-corrected chi connectivity index (χ3v) is 5.64. The number of hydrogen-bond donors (Lipinski definition) is 2. The number of anilines is 1. The number of likely N-dealkylation sites (N-methyl/N-ethyl adjacent to an activating group) is 1. The van der Waals surface area contributed by atoms with Gasteiger partial charge in [-0.25, -0.2) is 0 Å². The zero-order valence-electron chi connectivity index (χ0n) is 16.8. The molecule has 8 nitrogen and oxygen atoms in total. The van der Waals surface area contributed by atoms with E-state index in [4.69, 9.17) is 0 Å². The summed E-state index contributed by atoms with van der Waals surface area (Å²) in [5.74, 6) is 0.546. The summed E-state index contributed by atoms with van der Waals surface area (Å²) >= 11 is 0. The molecule has 2 aliphatic rings. The first-order valence-corrected chi connectivity index (χ1v) is 10.0. The van der Waals surface area contributed by atoms with Gasteiger partial charge in [0.25, 0.3) is 5.91 Å². The van der Waals surface area contributed by atoms with E-state index < -0.39 is 0 Å². The number of aryl methyl sites for hydroxylation is 1. The lowest BCUT2D eigenvalue weighted by atomic mass is 10.1. The van der Waals surface area contributed by atoms with Crippen molar-refractivity contribution in [3.05, 3.63) is 23.4 Å². The number of carbonyl (C=O) groups excluding carboxylic acids is 2. The Morgan fingerprint density at radius 2 is 2.00 bits per heavy atom. The van der Waals surface area contributed by atoms with E-state index >= 15 is 0 Å². The third-order valence-electron chi connectivity index (χ3n) is 5.64. The summed E-state index contributed by atoms with van der Waals surface area (Å²) in [6.07, 6.45) is 3.71. The Balaban J connectivity index is 1.57. The number of carbonyl (C=O) groups is 2. The number of aromatic nitrogens is 3. The van der Waals surface area contributed by atoms with E-state index in [-0.39, 0.29) is 17.7 Å². The van der Waals surface area contributed by atoms with Crippen LogP contribution in [0.15, 0.2) is 12.3 Å². The van der Waals surface area contributed by atoms with Crippen LogP contribution < -0.4 is 5.32 Å². The highest BCUT2D eigenvalue weighted by molar-refractivity contribution is 5.96. The fourth-order valence-electron chi connectivity index (χ4n) is 3.87. The highest BCUT2D eigenvalue weighted by atomic mass is 16.2. The van der Waals surface area contributed by atoms with Gasteiger partial charge in [0.2, 0.25) is 5.91 Å². The Kier molecular flexibility index (Phi) is 4.97. The van der Waals surface area contributed by atoms with Crippen molar-refractivity contribution in [3.8, 4) is 11.4 Å². The number of H-pyrrole nitrogens is 1. The molecular formula is C20H28N6O2. The van der Waals surface area contributed by atoms with Crippen LogP contribution in [0.3, 0.4) is 0 Å². The molecule has 28 heavy (non-hydrogen) atoms. The molecule has 4 rings (SSSR count). The van der Waals surface area contributed by atoms with E-state index in [9.17, 15) is 9.59 Å². The van der Waals surface area contributed by atoms with Gasteiger partial charge in [-0.2, -0.15) is 5.10 Å². The number of nitrogens with one attached hydrogen (secondary N) is 2. The Morgan fingerprint density at radius 1 is 1.18 bits per heavy atom. The molecule has 0 spiro atoms. The van der Waals surface area contributed by atoms with E-state index in [0.29, 0.717) is 5.82 Å². The zero-order chi connectivity index (χ0) is 19.8. The van der Waals surface area contributed by atoms with Gasteiger partial charge < -0.3 is 19.7 Å². The third kappa shape index (κ3) is 3.44. The Labute approximate surface area is 164 Å². The second kappa shape index (κ2) is 7.43. The minimum Gasteiger partial charge on any atom is -0.345 e. The van der Waals surface area contributed by atoms with Crippen molar-refractivity contribution in [3.63, 3.8) is 0 Å². The molecule has 150 valence electrons. The van der Waals surface area contributed by atoms with Crippen LogP contribution in [0.1, 0.15) is 36.2 Å². The highest BCUT2D eigenvalue weighted by Gasteiger charge is 2.27. The van der Waals surface area contributed by atoms with Crippen LogP contribution in [0.4, 0.5) is 5.82 Å². The second-order valence-electron chi connectivity index (χ2n) is 8.08. The van der Waals surface area contributed by atoms with Gasteiger partial charge in [0.15, 0.2) is 5.82 Å². The van der Waals surface area contributed by atoms with Gasteiger partial charge in [-0.3, -0.25) is 14.7 Å². The summed E-state index contributed by atoms with van der Waals surface area (Å²) in [5, 5.41) is 10.3. The number of nitrogens with zero attached hydrogens (tertiary/aromatic N) is 4. The number of amides is 2. The van der Waals surface area contributed by atoms with Crippen molar-refractivity contribution in [2.45, 2.75) is 33.2 Å². The molecule has 2 aromatic heterocycles. The minimum atomic E-state index is -0.100. The topological polar surface area (TPSA) is 86.3 Å². The quantitative estimate of drug-likeness (QED) is 0.845. The molecule has 0 radical (unpaired) electrons. The molecule has 1 saturated heterocycles. The van der Waals surface area contributed by atoms with Gasteiger partial charge in [0, 0.05) is 43.9 Å². The monoisotopic (exact) mass is 384 g/mol. The van der Waals surface area contributed by atoms with Crippen molar-refractivity contribution in [1.82, 2.24) is 24.6 Å². The molecule has 0 bridgehead atoms. The lowest BCUT2D eigenvalue weighted by Crippen LogP contribution is -2.34. The fourth-order valence-corrected chi connectivity index (χ4v) is 3.87. The number of fused-ring (bicyclic) bond motifs is 3. The van der Waals surface area contributed by atoms with E-state index in [1.54, 1.807) is 0 Å². The molecule has 1 fully saturated rings. The number of hydrogen-bond acceptors (Lipinski definition) is 4. The molecule has 2 aromatic rings. The average molecular weight is 384 g/mol. The van der Waals surface area contributed by atoms with Gasteiger partial charge >= 0.3 is 0 Å². The number of aromatic amines is 1. The summed E-state index contributed by atoms with van der Waals surface area (Å²) in [6, 6.07) is 1.95. The Hall–Kier alpha value is -2.61. The van der Waals surface area contributed by atoms with Gasteiger partial charge in [-0.15, -0.1) is 0 Å². The van der Waals surface area contributed by atoms with Gasteiger partial charge in [0.1, 0.15) is 0 Å². The maximum Gasteiger partial charge on any atom is 0.255 e. The van der Waals surface area contributed by atoms with Gasteiger partial charge in [-0.1, -0.05) is 13.8 Å². The molecule has 0 aromatic carbocycles. The van der Waals surface area contributed by atoms with E-state index in [1.165, 1.54) is 0 Å².